The lowest BCUT2D eigenvalue weighted by atomic mass is 10.1. The van der Waals surface area contributed by atoms with Crippen LogP contribution in [-0.4, -0.2) is 84.8 Å². The van der Waals surface area contributed by atoms with Crippen molar-refractivity contribution in [3.8, 4) is 5.75 Å². The van der Waals surface area contributed by atoms with Gasteiger partial charge < -0.3 is 45.3 Å². The molecule has 4 unspecified atom stereocenters. The molecule has 0 saturated carbocycles. The molecule has 0 radical (unpaired) electrons. The highest BCUT2D eigenvalue weighted by molar-refractivity contribution is 7.64. The number of aromatic nitrogens is 2. The molecule has 2 aromatic carbocycles. The summed E-state index contributed by atoms with van der Waals surface area (Å²) in [4.78, 5) is 72.7. The van der Waals surface area contributed by atoms with E-state index in [1.54, 1.807) is 48.5 Å². The molecule has 1 saturated heterocycles. The van der Waals surface area contributed by atoms with Crippen LogP contribution < -0.4 is 26.8 Å². The number of amides is 2. The molecule has 1 aromatic heterocycles. The number of carboxylic acid groups (broad SMARTS) is 1. The molecule has 1 fully saturated rings. The number of phosphoric ester groups is 1. The number of anilines is 2. The van der Waals surface area contributed by atoms with Gasteiger partial charge in [-0.3, -0.25) is 23.8 Å². The first-order chi connectivity index (χ1) is 23.6. The van der Waals surface area contributed by atoms with Gasteiger partial charge >= 0.3 is 39.3 Å². The number of nitrogens with zero attached hydrogens (tertiary/aromatic N) is 2. The Balaban J connectivity index is 1.46. The van der Waals surface area contributed by atoms with Crippen LogP contribution in [0.5, 0.6) is 5.75 Å². The van der Waals surface area contributed by atoms with Crippen LogP contribution in [0.25, 0.3) is 0 Å². The minimum atomic E-state index is -5.33. The van der Waals surface area contributed by atoms with Crippen LogP contribution in [0.15, 0.2) is 77.7 Å². The molecular formula is C28H33N5O15P2. The van der Waals surface area contributed by atoms with Gasteiger partial charge in [0.2, 0.25) is 0 Å². The van der Waals surface area contributed by atoms with Crippen molar-refractivity contribution in [2.75, 3.05) is 23.4 Å². The van der Waals surface area contributed by atoms with Gasteiger partial charge in [-0.2, -0.15) is 4.98 Å². The molecular weight excluding hydrogens is 708 g/mol. The number of urea groups is 1. The number of rotatable bonds is 15. The van der Waals surface area contributed by atoms with Crippen LogP contribution in [0.2, 0.25) is 0 Å². The first-order valence-electron chi connectivity index (χ1n) is 14.6. The summed E-state index contributed by atoms with van der Waals surface area (Å²) in [5.41, 5.74) is 4.75. The Kier molecular flexibility index (Phi) is 13.0. The number of aliphatic carboxylic acids is 1. The number of ether oxygens (including phenoxy) is 3. The molecule has 1 aliphatic heterocycles. The lowest BCUT2D eigenvalue weighted by Crippen LogP contribution is -2.40. The van der Waals surface area contributed by atoms with Gasteiger partial charge in [0.15, 0.2) is 12.3 Å². The van der Waals surface area contributed by atoms with Crippen LogP contribution in [0.1, 0.15) is 19.1 Å². The lowest BCUT2D eigenvalue weighted by molar-refractivity contribution is -0.138. The fraction of sp³-hybridized carbons (Fsp3) is 0.321. The van der Waals surface area contributed by atoms with Crippen molar-refractivity contribution in [3.05, 3.63) is 83.4 Å². The molecule has 270 valence electrons. The number of aliphatic hydroxyl groups excluding tert-OH is 1. The van der Waals surface area contributed by atoms with E-state index in [-0.39, 0.29) is 24.4 Å². The fourth-order valence-electron chi connectivity index (χ4n) is 4.43. The number of phosphoric acid groups is 1. The fourth-order valence-corrected chi connectivity index (χ4v) is 7.15. The highest BCUT2D eigenvalue weighted by Crippen LogP contribution is 2.60. The van der Waals surface area contributed by atoms with Crippen molar-refractivity contribution in [1.82, 2.24) is 9.55 Å². The van der Waals surface area contributed by atoms with Gasteiger partial charge in [-0.25, -0.2) is 23.3 Å². The summed E-state index contributed by atoms with van der Waals surface area (Å²) < 4.78 is 50.9. The zero-order valence-electron chi connectivity index (χ0n) is 25.8. The van der Waals surface area contributed by atoms with E-state index >= 15 is 0 Å². The van der Waals surface area contributed by atoms with Crippen molar-refractivity contribution in [2.45, 2.75) is 43.4 Å². The number of carbonyl (C=O) groups excluding carboxylic acids is 2. The number of carboxylic acids is 1. The third-order valence-electron chi connectivity index (χ3n) is 6.77. The molecule has 0 aliphatic carbocycles. The Morgan fingerprint density at radius 3 is 2.32 bits per heavy atom. The highest BCUT2D eigenvalue weighted by atomic mass is 31.3. The minimum absolute atomic E-state index is 0.0714. The van der Waals surface area contributed by atoms with E-state index in [0.717, 1.165) is 10.8 Å². The van der Waals surface area contributed by atoms with E-state index < -0.39 is 82.6 Å². The van der Waals surface area contributed by atoms with Gasteiger partial charge in [0, 0.05) is 11.9 Å². The quantitative estimate of drug-likeness (QED) is 0.0667. The monoisotopic (exact) mass is 741 g/mol. The number of aliphatic hydroxyl groups is 1. The van der Waals surface area contributed by atoms with Crippen molar-refractivity contribution < 1.29 is 66.6 Å². The Hall–Kier alpha value is -4.49. The van der Waals surface area contributed by atoms with E-state index in [1.807, 2.05) is 0 Å². The molecule has 0 spiro atoms. The zero-order valence-corrected chi connectivity index (χ0v) is 27.6. The molecule has 50 heavy (non-hydrogen) atoms. The van der Waals surface area contributed by atoms with Gasteiger partial charge in [-0.15, -0.1) is 0 Å². The second-order valence-corrected chi connectivity index (χ2v) is 14.1. The Morgan fingerprint density at radius 2 is 1.68 bits per heavy atom. The van der Waals surface area contributed by atoms with Crippen molar-refractivity contribution in [1.29, 1.82) is 0 Å². The lowest BCUT2D eigenvalue weighted by Gasteiger charge is -2.21. The van der Waals surface area contributed by atoms with E-state index in [9.17, 15) is 43.2 Å². The Bertz CT molecular complexity index is 1800. The van der Waals surface area contributed by atoms with Gasteiger partial charge in [-0.05, 0) is 43.2 Å². The minimum Gasteiger partial charge on any atom is -0.480 e. The van der Waals surface area contributed by atoms with Gasteiger partial charge in [0.25, 0.3) is 0 Å². The second-order valence-electron chi connectivity index (χ2n) is 10.5. The number of para-hydroxylation sites is 2. The maximum atomic E-state index is 13.1. The number of hydrogen-bond acceptors (Lipinski definition) is 14. The number of nitrogens with one attached hydrogen (secondary N) is 2. The Morgan fingerprint density at radius 1 is 1.02 bits per heavy atom. The number of nitrogens with two attached hydrogens (primary N) is 1. The summed E-state index contributed by atoms with van der Waals surface area (Å²) in [5, 5.41) is 24.8. The SMILES string of the molecule is NC(CCCP(=O)(O)OP(=O)(O)OC[C@H]1O[C@@H](n2ccc(NC(=O)Nc3ccccc3)nc2=O)[C@@H](OC(=O)Oc2ccccc2)C1O)C(=O)O. The highest BCUT2D eigenvalue weighted by Gasteiger charge is 2.49. The topological polar surface area (TPSA) is 297 Å². The molecule has 22 heteroatoms. The Labute approximate surface area is 282 Å². The number of carbonyl (C=O) groups is 3. The normalized spacial score (nSPS) is 21.6. The molecule has 20 nitrogen and oxygen atoms in total. The van der Waals surface area contributed by atoms with Gasteiger partial charge in [0.1, 0.15) is 29.8 Å². The smallest absolute Gasteiger partial charge is 0.480 e. The second kappa shape index (κ2) is 16.9. The molecule has 0 bridgehead atoms. The van der Waals surface area contributed by atoms with Crippen LogP contribution in [0.4, 0.5) is 21.1 Å². The average Bonchev–Trinajstić information content (AvgIpc) is 3.34. The predicted octanol–water partition coefficient (Wildman–Crippen LogP) is 2.24. The van der Waals surface area contributed by atoms with Crippen LogP contribution >= 0.6 is 15.4 Å². The van der Waals surface area contributed by atoms with Crippen molar-refractivity contribution >= 4 is 45.1 Å². The molecule has 8 N–H and O–H groups in total. The maximum Gasteiger partial charge on any atom is 0.514 e. The first kappa shape index (κ1) is 38.3. The summed E-state index contributed by atoms with van der Waals surface area (Å²) in [6, 6.07) is 15.2. The van der Waals surface area contributed by atoms with Crippen LogP contribution in [0.3, 0.4) is 0 Å². The van der Waals surface area contributed by atoms with Gasteiger partial charge in [0.05, 0.1) is 12.8 Å². The van der Waals surface area contributed by atoms with E-state index in [0.29, 0.717) is 5.69 Å². The standard InChI is InChI=1S/C28H33N5O15P2/c29-19(25(35)36)12-7-15-49(40,41)48-50(42,43)44-16-20-22(34)23(47-28(39)45-18-10-5-2-6-11-18)24(46-20)33-14-13-21(32-27(33)38)31-26(37)30-17-8-3-1-4-9-17/h1-6,8-11,13-14,19-20,22-24,34H,7,12,15-16,29H2,(H,35,36)(H,40,41)(H,42,43)(H2,30,31,32,37,38)/t19?,20-,22?,23+,24-/m1/s1. The molecule has 3 aromatic rings. The van der Waals surface area contributed by atoms with Gasteiger partial charge in [-0.1, -0.05) is 36.4 Å². The van der Waals surface area contributed by atoms with E-state index in [2.05, 4.69) is 19.9 Å². The summed E-state index contributed by atoms with van der Waals surface area (Å²) in [6.45, 7) is -0.996. The molecule has 7 atom stereocenters. The largest absolute Gasteiger partial charge is 0.514 e. The third-order valence-corrected chi connectivity index (χ3v) is 9.98. The molecule has 1 aliphatic rings. The van der Waals surface area contributed by atoms with E-state index in [4.69, 9.17) is 29.6 Å². The maximum absolute atomic E-state index is 13.1. The van der Waals surface area contributed by atoms with Crippen molar-refractivity contribution in [3.63, 3.8) is 0 Å². The van der Waals surface area contributed by atoms with Crippen LogP contribution in [-0.2, 0) is 32.2 Å². The van der Waals surface area contributed by atoms with Crippen molar-refractivity contribution in [2.24, 2.45) is 5.73 Å². The summed E-state index contributed by atoms with van der Waals surface area (Å²) >= 11 is 0. The number of benzene rings is 2. The molecule has 2 heterocycles. The predicted molar refractivity (Wildman–Crippen MR) is 171 cm³/mol. The number of hydrogen-bond donors (Lipinski definition) is 7. The van der Waals surface area contributed by atoms with E-state index in [1.165, 1.54) is 18.2 Å². The first-order valence-corrected chi connectivity index (χ1v) is 17.9. The third kappa shape index (κ3) is 11.3. The zero-order chi connectivity index (χ0) is 36.5. The molecule has 2 amide bonds. The van der Waals surface area contributed by atoms with Crippen LogP contribution in [0, 0.1) is 0 Å². The summed E-state index contributed by atoms with van der Waals surface area (Å²) in [6.07, 6.45) is -8.28. The average molecular weight is 742 g/mol. The summed E-state index contributed by atoms with van der Waals surface area (Å²) in [7, 11) is -10.1. The summed E-state index contributed by atoms with van der Waals surface area (Å²) in [5.74, 6) is -1.46. The molecule has 4 rings (SSSR count).